The Bertz CT molecular complexity index is 1140. The van der Waals surface area contributed by atoms with Crippen molar-refractivity contribution in [3.63, 3.8) is 0 Å². The van der Waals surface area contributed by atoms with Crippen LogP contribution in [0.5, 0.6) is 0 Å². The minimum Gasteiger partial charge on any atom is -0.465 e. The van der Waals surface area contributed by atoms with Gasteiger partial charge in [-0.15, -0.1) is 0 Å². The molecule has 0 fully saturated rings. The number of allylic oxidation sites excluding steroid dienone is 2. The number of ketones is 1. The molecule has 8 heteroatoms. The van der Waals surface area contributed by atoms with E-state index in [1.165, 1.54) is 55.7 Å². The smallest absolute Gasteiger partial charge is 0.355 e. The van der Waals surface area contributed by atoms with Gasteiger partial charge in [-0.2, -0.15) is 0 Å². The third kappa shape index (κ3) is 4.64. The van der Waals surface area contributed by atoms with Crippen molar-refractivity contribution < 1.29 is 28.2 Å². The van der Waals surface area contributed by atoms with Crippen molar-refractivity contribution in [2.24, 2.45) is 0 Å². The van der Waals surface area contributed by atoms with E-state index < -0.39 is 23.5 Å². The van der Waals surface area contributed by atoms with Crippen molar-refractivity contribution in [3.8, 4) is 0 Å². The quantitative estimate of drug-likeness (QED) is 0.464. The maximum Gasteiger partial charge on any atom is 0.355 e. The number of esters is 2. The number of hydrogen-bond acceptors (Lipinski definition) is 6. The number of rotatable bonds is 5. The van der Waals surface area contributed by atoms with Crippen LogP contribution in [0.25, 0.3) is 0 Å². The van der Waals surface area contributed by atoms with Gasteiger partial charge in [-0.05, 0) is 54.6 Å². The molecule has 6 nitrogen and oxygen atoms in total. The molecule has 0 aromatic heterocycles. The maximum atomic E-state index is 13.3. The summed E-state index contributed by atoms with van der Waals surface area (Å²) in [6, 6.07) is 10.0. The first kappa shape index (κ1) is 22.2. The van der Waals surface area contributed by atoms with E-state index in [1.807, 2.05) is 0 Å². The van der Waals surface area contributed by atoms with E-state index in [0.717, 1.165) is 0 Å². The number of carbonyl (C=O) groups excluding carboxylic acids is 3. The van der Waals surface area contributed by atoms with Crippen molar-refractivity contribution in [2.45, 2.75) is 0 Å². The van der Waals surface area contributed by atoms with Crippen LogP contribution in [0.15, 0.2) is 82.6 Å². The molecule has 1 aliphatic rings. The fraction of sp³-hybridized carbons (Fsp3) is 0.0870. The average Bonchev–Trinajstić information content (AvgIpc) is 3.01. The van der Waals surface area contributed by atoms with Gasteiger partial charge >= 0.3 is 11.9 Å². The average molecular weight is 486 g/mol. The van der Waals surface area contributed by atoms with Gasteiger partial charge in [-0.25, -0.2) is 14.0 Å². The molecule has 31 heavy (non-hydrogen) atoms. The second kappa shape index (κ2) is 9.53. The summed E-state index contributed by atoms with van der Waals surface area (Å²) in [5.41, 5.74) is 0.643. The molecule has 0 radical (unpaired) electrons. The van der Waals surface area contributed by atoms with Gasteiger partial charge in [0.2, 0.25) is 0 Å². The van der Waals surface area contributed by atoms with Crippen molar-refractivity contribution in [3.05, 3.63) is 99.6 Å². The van der Waals surface area contributed by atoms with E-state index >= 15 is 0 Å². The molecule has 0 N–H and O–H groups in total. The van der Waals surface area contributed by atoms with Crippen LogP contribution < -0.4 is 4.90 Å². The molecule has 0 saturated heterocycles. The predicted octanol–water partition coefficient (Wildman–Crippen LogP) is 4.31. The fourth-order valence-corrected chi connectivity index (χ4v) is 3.37. The number of nitrogens with zero attached hydrogens (tertiary/aromatic N) is 1. The summed E-state index contributed by atoms with van der Waals surface area (Å²) >= 11 is 3.35. The number of carbonyl (C=O) groups is 3. The highest BCUT2D eigenvalue weighted by atomic mass is 79.9. The highest BCUT2D eigenvalue weighted by molar-refractivity contribution is 9.10. The predicted molar refractivity (Wildman–Crippen MR) is 116 cm³/mol. The topological polar surface area (TPSA) is 72.9 Å². The summed E-state index contributed by atoms with van der Waals surface area (Å²) in [5.74, 6) is -2.40. The van der Waals surface area contributed by atoms with E-state index in [2.05, 4.69) is 15.9 Å². The van der Waals surface area contributed by atoms with Crippen LogP contribution in [0.3, 0.4) is 0 Å². The number of hydrogen-bond donors (Lipinski definition) is 0. The molecule has 1 aliphatic heterocycles. The first-order valence-corrected chi connectivity index (χ1v) is 9.81. The lowest BCUT2D eigenvalue weighted by molar-refractivity contribution is -0.139. The van der Waals surface area contributed by atoms with Crippen molar-refractivity contribution >= 4 is 39.3 Å². The fourth-order valence-electron chi connectivity index (χ4n) is 3.01. The van der Waals surface area contributed by atoms with Crippen molar-refractivity contribution in [1.29, 1.82) is 0 Å². The number of ether oxygens (including phenoxy) is 2. The summed E-state index contributed by atoms with van der Waals surface area (Å²) in [5, 5.41) is 0. The monoisotopic (exact) mass is 485 g/mol. The third-order valence-corrected chi connectivity index (χ3v) is 4.95. The Hall–Kier alpha value is -3.52. The van der Waals surface area contributed by atoms with E-state index in [0.29, 0.717) is 10.2 Å². The lowest BCUT2D eigenvalue weighted by Gasteiger charge is -2.25. The van der Waals surface area contributed by atoms with Gasteiger partial charge in [0.05, 0.1) is 25.5 Å². The number of halogens is 2. The van der Waals surface area contributed by atoms with Crippen LogP contribution in [0.4, 0.5) is 10.1 Å². The van der Waals surface area contributed by atoms with Gasteiger partial charge in [0.15, 0.2) is 5.78 Å². The molecule has 0 saturated carbocycles. The van der Waals surface area contributed by atoms with Crippen LogP contribution in [0.2, 0.25) is 0 Å². The molecule has 158 valence electrons. The van der Waals surface area contributed by atoms with E-state index in [-0.39, 0.29) is 22.4 Å². The summed E-state index contributed by atoms with van der Waals surface area (Å²) in [6.07, 6.45) is 6.13. The molecule has 0 unspecified atom stereocenters. The van der Waals surface area contributed by atoms with Crippen LogP contribution in [0.1, 0.15) is 15.9 Å². The second-order valence-corrected chi connectivity index (χ2v) is 7.23. The number of methoxy groups -OCH3 is 2. The summed E-state index contributed by atoms with van der Waals surface area (Å²) in [7, 11) is 2.39. The SMILES string of the molecule is COC(=O)C1=C(C(=O)OC)N(c2ccc(Br)cc2C(=O)c2ccc(F)cc2)C=CC=C1. The normalized spacial score (nSPS) is 13.1. The minimum absolute atomic E-state index is 0.0394. The summed E-state index contributed by atoms with van der Waals surface area (Å²) in [4.78, 5) is 39.6. The molecule has 2 aromatic rings. The summed E-state index contributed by atoms with van der Waals surface area (Å²) < 4.78 is 23.6. The highest BCUT2D eigenvalue weighted by Gasteiger charge is 2.29. The van der Waals surface area contributed by atoms with E-state index in [1.54, 1.807) is 30.4 Å². The molecule has 0 bridgehead atoms. The molecule has 1 heterocycles. The Labute approximate surface area is 186 Å². The minimum atomic E-state index is -0.792. The number of benzene rings is 2. The van der Waals surface area contributed by atoms with Crippen LogP contribution in [-0.4, -0.2) is 31.9 Å². The van der Waals surface area contributed by atoms with Crippen LogP contribution in [-0.2, 0) is 19.1 Å². The molecule has 0 atom stereocenters. The molecular formula is C23H17BrFNO5. The second-order valence-electron chi connectivity index (χ2n) is 6.31. The van der Waals surface area contributed by atoms with Crippen molar-refractivity contribution in [1.82, 2.24) is 0 Å². The van der Waals surface area contributed by atoms with Gasteiger partial charge in [-0.3, -0.25) is 4.79 Å². The van der Waals surface area contributed by atoms with Gasteiger partial charge in [0.25, 0.3) is 0 Å². The van der Waals surface area contributed by atoms with Gasteiger partial charge in [0, 0.05) is 21.8 Å². The largest absolute Gasteiger partial charge is 0.465 e. The van der Waals surface area contributed by atoms with Crippen LogP contribution >= 0.6 is 15.9 Å². The molecule has 2 aromatic carbocycles. The Balaban J connectivity index is 2.23. The van der Waals surface area contributed by atoms with Crippen molar-refractivity contribution in [2.75, 3.05) is 19.1 Å². The Kier molecular flexibility index (Phi) is 6.81. The lowest BCUT2D eigenvalue weighted by Crippen LogP contribution is -2.28. The molecule has 0 aliphatic carbocycles. The lowest BCUT2D eigenvalue weighted by atomic mass is 10.0. The van der Waals surface area contributed by atoms with Gasteiger partial charge < -0.3 is 14.4 Å². The molecule has 3 rings (SSSR count). The van der Waals surface area contributed by atoms with Gasteiger partial charge in [-0.1, -0.05) is 22.0 Å². The molecule has 0 amide bonds. The van der Waals surface area contributed by atoms with E-state index in [4.69, 9.17) is 9.47 Å². The zero-order chi connectivity index (χ0) is 22.5. The zero-order valence-corrected chi connectivity index (χ0v) is 18.2. The maximum absolute atomic E-state index is 13.3. The van der Waals surface area contributed by atoms with E-state index in [9.17, 15) is 18.8 Å². The Morgan fingerprint density at radius 1 is 0.935 bits per heavy atom. The first-order valence-electron chi connectivity index (χ1n) is 9.02. The summed E-state index contributed by atoms with van der Waals surface area (Å²) in [6.45, 7) is 0. The zero-order valence-electron chi connectivity index (χ0n) is 16.6. The molecular weight excluding hydrogens is 469 g/mol. The Morgan fingerprint density at radius 3 is 2.26 bits per heavy atom. The standard InChI is InChI=1S/C23H17BrFNO5/c1-30-22(28)17-5-3-4-12-26(20(17)23(29)31-2)19-11-8-15(24)13-18(19)21(27)14-6-9-16(25)10-7-14/h3-13H,1-2H3. The highest BCUT2D eigenvalue weighted by Crippen LogP contribution is 2.32. The third-order valence-electron chi connectivity index (χ3n) is 4.46. The first-order chi connectivity index (χ1) is 14.9. The number of anilines is 1. The van der Waals surface area contributed by atoms with Gasteiger partial charge in [0.1, 0.15) is 11.5 Å². The van der Waals surface area contributed by atoms with Crippen LogP contribution in [0, 0.1) is 5.82 Å². The Morgan fingerprint density at radius 2 is 1.61 bits per heavy atom. The molecule has 0 spiro atoms.